The predicted octanol–water partition coefficient (Wildman–Crippen LogP) is 2.36. The molecule has 0 aromatic heterocycles. The van der Waals surface area contributed by atoms with Crippen molar-refractivity contribution >= 4 is 5.97 Å². The number of rotatable bonds is 8. The lowest BCUT2D eigenvalue weighted by Gasteiger charge is -2.08. The Morgan fingerprint density at radius 2 is 2.06 bits per heavy atom. The van der Waals surface area contributed by atoms with Crippen molar-refractivity contribution in [2.45, 2.75) is 6.42 Å². The number of carboxylic acid groups (broad SMARTS) is 1. The molecule has 0 amide bonds. The lowest BCUT2D eigenvalue weighted by molar-refractivity contribution is 0.0686. The lowest BCUT2D eigenvalue weighted by atomic mass is 10.2. The van der Waals surface area contributed by atoms with Gasteiger partial charge in [-0.2, -0.15) is 0 Å². The van der Waals surface area contributed by atoms with E-state index in [0.717, 1.165) is 6.42 Å². The monoisotopic (exact) mass is 236 g/mol. The van der Waals surface area contributed by atoms with Gasteiger partial charge in [0.15, 0.2) is 0 Å². The molecule has 4 nitrogen and oxygen atoms in total. The Balaban J connectivity index is 2.36. The molecule has 1 aromatic carbocycles. The lowest BCUT2D eigenvalue weighted by Crippen LogP contribution is -2.09. The van der Waals surface area contributed by atoms with Gasteiger partial charge in [0.1, 0.15) is 17.9 Å². The quantitative estimate of drug-likeness (QED) is 0.556. The highest BCUT2D eigenvalue weighted by molar-refractivity contribution is 5.90. The van der Waals surface area contributed by atoms with Gasteiger partial charge in [-0.25, -0.2) is 4.79 Å². The maximum Gasteiger partial charge on any atom is 0.339 e. The Morgan fingerprint density at radius 1 is 1.29 bits per heavy atom. The maximum atomic E-state index is 10.9. The number of carbonyl (C=O) groups is 1. The Kier molecular flexibility index (Phi) is 5.82. The van der Waals surface area contributed by atoms with Crippen LogP contribution in [0.25, 0.3) is 0 Å². The van der Waals surface area contributed by atoms with E-state index in [0.29, 0.717) is 25.6 Å². The molecule has 0 spiro atoms. The minimum atomic E-state index is -0.992. The number of hydrogen-bond donors (Lipinski definition) is 1. The molecule has 0 saturated carbocycles. The van der Waals surface area contributed by atoms with Crippen molar-refractivity contribution in [1.29, 1.82) is 0 Å². The Bertz CT molecular complexity index is 373. The van der Waals surface area contributed by atoms with Crippen LogP contribution in [0.5, 0.6) is 5.75 Å². The third kappa shape index (κ3) is 4.70. The summed E-state index contributed by atoms with van der Waals surface area (Å²) in [7, 11) is 0. The van der Waals surface area contributed by atoms with E-state index in [1.165, 1.54) is 6.07 Å². The maximum absolute atomic E-state index is 10.9. The molecule has 0 unspecified atom stereocenters. The van der Waals surface area contributed by atoms with Gasteiger partial charge < -0.3 is 14.6 Å². The number of aromatic carboxylic acids is 1. The molecule has 1 N–H and O–H groups in total. The fourth-order valence-corrected chi connectivity index (χ4v) is 1.25. The molecule has 0 aliphatic heterocycles. The zero-order valence-corrected chi connectivity index (χ0v) is 9.59. The van der Waals surface area contributed by atoms with Crippen molar-refractivity contribution in [3.05, 3.63) is 42.5 Å². The first-order valence-electron chi connectivity index (χ1n) is 5.39. The van der Waals surface area contributed by atoms with Gasteiger partial charge in [0.2, 0.25) is 0 Å². The zero-order chi connectivity index (χ0) is 12.5. The van der Waals surface area contributed by atoms with Gasteiger partial charge in [0.05, 0.1) is 13.2 Å². The summed E-state index contributed by atoms with van der Waals surface area (Å²) in [6.45, 7) is 4.95. The highest BCUT2D eigenvalue weighted by Gasteiger charge is 2.09. The Labute approximate surface area is 100 Å². The summed E-state index contributed by atoms with van der Waals surface area (Å²) in [6.07, 6.45) is 2.58. The van der Waals surface area contributed by atoms with Crippen LogP contribution in [0.3, 0.4) is 0 Å². The molecule has 0 fully saturated rings. The number of benzene rings is 1. The number of hydrogen-bond acceptors (Lipinski definition) is 3. The smallest absolute Gasteiger partial charge is 0.339 e. The Hall–Kier alpha value is -1.81. The van der Waals surface area contributed by atoms with Crippen molar-refractivity contribution < 1.29 is 19.4 Å². The van der Waals surface area contributed by atoms with Gasteiger partial charge in [-0.3, -0.25) is 0 Å². The van der Waals surface area contributed by atoms with Gasteiger partial charge in [0.25, 0.3) is 0 Å². The van der Waals surface area contributed by atoms with Crippen LogP contribution >= 0.6 is 0 Å². The van der Waals surface area contributed by atoms with Gasteiger partial charge in [-0.05, 0) is 18.6 Å². The summed E-state index contributed by atoms with van der Waals surface area (Å²) < 4.78 is 10.6. The summed E-state index contributed by atoms with van der Waals surface area (Å²) in [6, 6.07) is 6.54. The standard InChI is InChI=1S/C13H16O4/c1-2-3-8-16-9-10-17-12-7-5-4-6-11(12)13(14)15/h2,4-7H,1,3,8-10H2,(H,14,15). The van der Waals surface area contributed by atoms with Crippen LogP contribution in [0.2, 0.25) is 0 Å². The Morgan fingerprint density at radius 3 is 2.76 bits per heavy atom. The summed E-state index contributed by atoms with van der Waals surface area (Å²) >= 11 is 0. The largest absolute Gasteiger partial charge is 0.490 e. The van der Waals surface area contributed by atoms with E-state index in [-0.39, 0.29) is 5.56 Å². The molecular formula is C13H16O4. The second-order valence-corrected chi connectivity index (χ2v) is 3.34. The third-order valence-electron chi connectivity index (χ3n) is 2.07. The topological polar surface area (TPSA) is 55.8 Å². The first-order chi connectivity index (χ1) is 8.25. The molecule has 4 heteroatoms. The van der Waals surface area contributed by atoms with E-state index in [1.807, 2.05) is 0 Å². The molecule has 0 atom stereocenters. The van der Waals surface area contributed by atoms with Gasteiger partial charge in [-0.1, -0.05) is 18.2 Å². The molecule has 0 saturated heterocycles. The second-order valence-electron chi connectivity index (χ2n) is 3.34. The van der Waals surface area contributed by atoms with Crippen molar-refractivity contribution in [3.8, 4) is 5.75 Å². The molecule has 0 aliphatic rings. The molecule has 0 bridgehead atoms. The highest BCUT2D eigenvalue weighted by atomic mass is 16.5. The molecule has 1 aromatic rings. The van der Waals surface area contributed by atoms with Crippen molar-refractivity contribution in [2.75, 3.05) is 19.8 Å². The summed E-state index contributed by atoms with van der Waals surface area (Å²) in [5.41, 5.74) is 0.165. The molecule has 0 heterocycles. The van der Waals surface area contributed by atoms with E-state index in [1.54, 1.807) is 24.3 Å². The van der Waals surface area contributed by atoms with Crippen LogP contribution in [0.15, 0.2) is 36.9 Å². The first kappa shape index (κ1) is 13.3. The van der Waals surface area contributed by atoms with E-state index < -0.39 is 5.97 Å². The van der Waals surface area contributed by atoms with Crippen molar-refractivity contribution in [2.24, 2.45) is 0 Å². The van der Waals surface area contributed by atoms with Crippen LogP contribution in [0.4, 0.5) is 0 Å². The number of ether oxygens (including phenoxy) is 2. The van der Waals surface area contributed by atoms with Crippen molar-refractivity contribution in [3.63, 3.8) is 0 Å². The van der Waals surface area contributed by atoms with E-state index in [9.17, 15) is 4.79 Å². The molecular weight excluding hydrogens is 220 g/mol. The van der Waals surface area contributed by atoms with Crippen LogP contribution in [0.1, 0.15) is 16.8 Å². The first-order valence-corrected chi connectivity index (χ1v) is 5.39. The van der Waals surface area contributed by atoms with Crippen LogP contribution in [-0.2, 0) is 4.74 Å². The van der Waals surface area contributed by atoms with E-state index in [4.69, 9.17) is 14.6 Å². The molecule has 0 radical (unpaired) electrons. The van der Waals surface area contributed by atoms with Crippen LogP contribution in [-0.4, -0.2) is 30.9 Å². The third-order valence-corrected chi connectivity index (χ3v) is 2.07. The minimum absolute atomic E-state index is 0.165. The zero-order valence-electron chi connectivity index (χ0n) is 9.59. The average Bonchev–Trinajstić information content (AvgIpc) is 2.34. The van der Waals surface area contributed by atoms with Gasteiger partial charge >= 0.3 is 5.97 Å². The van der Waals surface area contributed by atoms with Crippen LogP contribution in [0, 0.1) is 0 Å². The average molecular weight is 236 g/mol. The predicted molar refractivity (Wildman–Crippen MR) is 64.5 cm³/mol. The van der Waals surface area contributed by atoms with Crippen molar-refractivity contribution in [1.82, 2.24) is 0 Å². The molecule has 1 rings (SSSR count). The summed E-state index contributed by atoms with van der Waals surface area (Å²) in [4.78, 5) is 10.9. The second kappa shape index (κ2) is 7.46. The SMILES string of the molecule is C=CCCOCCOc1ccccc1C(=O)O. The van der Waals surface area contributed by atoms with Gasteiger partial charge in [0, 0.05) is 0 Å². The molecule has 92 valence electrons. The van der Waals surface area contributed by atoms with E-state index >= 15 is 0 Å². The summed E-state index contributed by atoms with van der Waals surface area (Å²) in [5, 5.41) is 8.92. The molecule has 0 aliphatic carbocycles. The normalized spacial score (nSPS) is 9.88. The van der Waals surface area contributed by atoms with E-state index in [2.05, 4.69) is 6.58 Å². The van der Waals surface area contributed by atoms with Gasteiger partial charge in [-0.15, -0.1) is 6.58 Å². The molecule has 17 heavy (non-hydrogen) atoms. The number of para-hydroxylation sites is 1. The number of carboxylic acids is 1. The minimum Gasteiger partial charge on any atom is -0.490 e. The summed E-state index contributed by atoms with van der Waals surface area (Å²) in [5.74, 6) is -0.625. The fourth-order valence-electron chi connectivity index (χ4n) is 1.25. The highest BCUT2D eigenvalue weighted by Crippen LogP contribution is 2.17. The van der Waals surface area contributed by atoms with Crippen LogP contribution < -0.4 is 4.74 Å². The fraction of sp³-hybridized carbons (Fsp3) is 0.308.